The van der Waals surface area contributed by atoms with Gasteiger partial charge >= 0.3 is 0 Å². The number of aryl methyl sites for hydroxylation is 1. The van der Waals surface area contributed by atoms with Crippen molar-refractivity contribution >= 4 is 0 Å². The van der Waals surface area contributed by atoms with Crippen molar-refractivity contribution in [1.82, 2.24) is 0 Å². The fraction of sp³-hybridized carbons (Fsp3) is 0.667. The summed E-state index contributed by atoms with van der Waals surface area (Å²) in [5.74, 6) is 2.64. The van der Waals surface area contributed by atoms with Gasteiger partial charge in [-0.25, -0.2) is 4.39 Å². The van der Waals surface area contributed by atoms with Crippen LogP contribution >= 0.6 is 0 Å². The third-order valence-electron chi connectivity index (χ3n) is 5.22. The van der Waals surface area contributed by atoms with Gasteiger partial charge in [0.1, 0.15) is 5.82 Å². The van der Waals surface area contributed by atoms with Crippen molar-refractivity contribution in [3.05, 3.63) is 35.1 Å². The Hall–Kier alpha value is -0.890. The van der Waals surface area contributed by atoms with E-state index in [1.807, 2.05) is 6.07 Å². The van der Waals surface area contributed by atoms with Gasteiger partial charge in [0, 0.05) is 0 Å². The molecule has 0 aromatic heterocycles. The normalized spacial score (nSPS) is 27.0. The van der Waals surface area contributed by atoms with E-state index >= 15 is 0 Å². The largest absolute Gasteiger partial charge is 0.330 e. The first-order valence-corrected chi connectivity index (χ1v) is 7.96. The number of hydrogen-bond donors (Lipinski definition) is 1. The Labute approximate surface area is 122 Å². The first-order valence-electron chi connectivity index (χ1n) is 7.96. The van der Waals surface area contributed by atoms with Crippen molar-refractivity contribution in [1.29, 1.82) is 0 Å². The van der Waals surface area contributed by atoms with Gasteiger partial charge in [-0.05, 0) is 86.1 Å². The standard InChI is InChI=1S/C18H28FN/c1-12(2)14-5-6-15(11-20)17(8-14)9-16-10-18(19)7-4-13(16)3/h4,7,10,12,14-15,17H,5-6,8-9,11,20H2,1-3H3. The summed E-state index contributed by atoms with van der Waals surface area (Å²) in [6.45, 7) is 7.48. The Morgan fingerprint density at radius 3 is 2.65 bits per heavy atom. The lowest BCUT2D eigenvalue weighted by Crippen LogP contribution is -2.33. The highest BCUT2D eigenvalue weighted by Crippen LogP contribution is 2.39. The number of hydrogen-bond acceptors (Lipinski definition) is 1. The van der Waals surface area contributed by atoms with Crippen LogP contribution in [0.15, 0.2) is 18.2 Å². The lowest BCUT2D eigenvalue weighted by Gasteiger charge is -2.37. The molecule has 0 amide bonds. The Bertz CT molecular complexity index is 441. The molecule has 0 radical (unpaired) electrons. The lowest BCUT2D eigenvalue weighted by molar-refractivity contribution is 0.151. The van der Waals surface area contributed by atoms with E-state index in [0.717, 1.165) is 30.4 Å². The van der Waals surface area contributed by atoms with Gasteiger partial charge in [0.2, 0.25) is 0 Å². The van der Waals surface area contributed by atoms with Crippen LogP contribution < -0.4 is 5.73 Å². The molecule has 1 aliphatic carbocycles. The summed E-state index contributed by atoms with van der Waals surface area (Å²) < 4.78 is 13.5. The summed E-state index contributed by atoms with van der Waals surface area (Å²) in [5, 5.41) is 0. The second kappa shape index (κ2) is 6.71. The monoisotopic (exact) mass is 277 g/mol. The molecule has 2 N–H and O–H groups in total. The Kier molecular flexibility index (Phi) is 5.20. The molecule has 0 aliphatic heterocycles. The van der Waals surface area contributed by atoms with Gasteiger partial charge in [-0.2, -0.15) is 0 Å². The van der Waals surface area contributed by atoms with Crippen LogP contribution in [0.5, 0.6) is 0 Å². The highest BCUT2D eigenvalue weighted by molar-refractivity contribution is 5.27. The Morgan fingerprint density at radius 2 is 2.00 bits per heavy atom. The van der Waals surface area contributed by atoms with Crippen molar-refractivity contribution < 1.29 is 4.39 Å². The molecule has 3 atom stereocenters. The molecule has 1 aliphatic rings. The average Bonchev–Trinajstić information content (AvgIpc) is 2.42. The highest BCUT2D eigenvalue weighted by Gasteiger charge is 2.31. The van der Waals surface area contributed by atoms with Crippen molar-refractivity contribution in [2.75, 3.05) is 6.54 Å². The fourth-order valence-corrected chi connectivity index (χ4v) is 3.67. The minimum Gasteiger partial charge on any atom is -0.330 e. The molecule has 1 aromatic rings. The molecule has 2 heteroatoms. The minimum absolute atomic E-state index is 0.119. The third kappa shape index (κ3) is 3.60. The van der Waals surface area contributed by atoms with Crippen molar-refractivity contribution in [3.63, 3.8) is 0 Å². The van der Waals surface area contributed by atoms with Crippen molar-refractivity contribution in [2.24, 2.45) is 29.4 Å². The van der Waals surface area contributed by atoms with Gasteiger partial charge in [0.15, 0.2) is 0 Å². The number of nitrogens with two attached hydrogens (primary N) is 1. The quantitative estimate of drug-likeness (QED) is 0.871. The van der Waals surface area contributed by atoms with Gasteiger partial charge in [-0.3, -0.25) is 0 Å². The summed E-state index contributed by atoms with van der Waals surface area (Å²) in [7, 11) is 0. The smallest absolute Gasteiger partial charge is 0.123 e. The predicted molar refractivity (Wildman–Crippen MR) is 83.1 cm³/mol. The van der Waals surface area contributed by atoms with Crippen LogP contribution in [0.1, 0.15) is 44.2 Å². The summed E-state index contributed by atoms with van der Waals surface area (Å²) in [5.41, 5.74) is 8.33. The molecule has 1 saturated carbocycles. The Balaban J connectivity index is 2.13. The summed E-state index contributed by atoms with van der Waals surface area (Å²) in [6.07, 6.45) is 4.76. The molecule has 1 aromatic carbocycles. The molecule has 0 heterocycles. The maximum atomic E-state index is 13.5. The number of halogens is 1. The van der Waals surface area contributed by atoms with Gasteiger partial charge in [-0.15, -0.1) is 0 Å². The van der Waals surface area contributed by atoms with E-state index in [1.165, 1.54) is 24.8 Å². The molecule has 0 spiro atoms. The van der Waals surface area contributed by atoms with E-state index in [1.54, 1.807) is 12.1 Å². The second-order valence-corrected chi connectivity index (χ2v) is 6.85. The van der Waals surface area contributed by atoms with E-state index in [2.05, 4.69) is 20.8 Å². The predicted octanol–water partition coefficient (Wildman–Crippen LogP) is 4.32. The highest BCUT2D eigenvalue weighted by atomic mass is 19.1. The summed E-state index contributed by atoms with van der Waals surface area (Å²) in [6, 6.07) is 5.16. The maximum absolute atomic E-state index is 13.5. The van der Waals surface area contributed by atoms with E-state index in [0.29, 0.717) is 11.8 Å². The van der Waals surface area contributed by atoms with Crippen LogP contribution in [0.4, 0.5) is 4.39 Å². The molecule has 2 rings (SSSR count). The third-order valence-corrected chi connectivity index (χ3v) is 5.22. The molecule has 1 fully saturated rings. The second-order valence-electron chi connectivity index (χ2n) is 6.85. The van der Waals surface area contributed by atoms with Crippen LogP contribution in [-0.4, -0.2) is 6.54 Å². The van der Waals surface area contributed by atoms with Crippen LogP contribution in [0.2, 0.25) is 0 Å². The number of benzene rings is 1. The van der Waals surface area contributed by atoms with E-state index in [-0.39, 0.29) is 5.82 Å². The zero-order valence-corrected chi connectivity index (χ0v) is 13.0. The van der Waals surface area contributed by atoms with E-state index < -0.39 is 0 Å². The molecule has 20 heavy (non-hydrogen) atoms. The van der Waals surface area contributed by atoms with Gasteiger partial charge in [-0.1, -0.05) is 19.9 Å². The van der Waals surface area contributed by atoms with Gasteiger partial charge < -0.3 is 5.73 Å². The van der Waals surface area contributed by atoms with Crippen molar-refractivity contribution in [2.45, 2.75) is 46.5 Å². The van der Waals surface area contributed by atoms with E-state index in [9.17, 15) is 4.39 Å². The maximum Gasteiger partial charge on any atom is 0.123 e. The van der Waals surface area contributed by atoms with Crippen molar-refractivity contribution in [3.8, 4) is 0 Å². The molecule has 0 bridgehead atoms. The summed E-state index contributed by atoms with van der Waals surface area (Å²) in [4.78, 5) is 0. The number of rotatable bonds is 4. The first-order chi connectivity index (χ1) is 9.51. The SMILES string of the molecule is Cc1ccc(F)cc1CC1CC(C(C)C)CCC1CN. The fourth-order valence-electron chi connectivity index (χ4n) is 3.67. The molecule has 1 nitrogen and oxygen atoms in total. The molecule has 3 unspecified atom stereocenters. The van der Waals surface area contributed by atoms with Crippen LogP contribution in [0.3, 0.4) is 0 Å². The van der Waals surface area contributed by atoms with Crippen LogP contribution in [0, 0.1) is 36.4 Å². The topological polar surface area (TPSA) is 26.0 Å². The zero-order chi connectivity index (χ0) is 14.7. The first kappa shape index (κ1) is 15.5. The average molecular weight is 277 g/mol. The zero-order valence-electron chi connectivity index (χ0n) is 13.0. The molecule has 0 saturated heterocycles. The molecule has 112 valence electrons. The lowest BCUT2D eigenvalue weighted by atomic mass is 9.68. The van der Waals surface area contributed by atoms with Crippen LogP contribution in [0.25, 0.3) is 0 Å². The molecular weight excluding hydrogens is 249 g/mol. The molecular formula is C18H28FN. The Morgan fingerprint density at radius 1 is 1.25 bits per heavy atom. The van der Waals surface area contributed by atoms with Gasteiger partial charge in [0.05, 0.1) is 0 Å². The summed E-state index contributed by atoms with van der Waals surface area (Å²) >= 11 is 0. The van der Waals surface area contributed by atoms with Gasteiger partial charge in [0.25, 0.3) is 0 Å². The minimum atomic E-state index is -0.119. The van der Waals surface area contributed by atoms with E-state index in [4.69, 9.17) is 5.73 Å². The van der Waals surface area contributed by atoms with Crippen LogP contribution in [-0.2, 0) is 6.42 Å².